The molecule has 13 heteroatoms. The number of anilines is 2. The van der Waals surface area contributed by atoms with E-state index in [1.807, 2.05) is 4.68 Å². The second-order valence-corrected chi connectivity index (χ2v) is 14.9. The van der Waals surface area contributed by atoms with Crippen LogP contribution in [0.2, 0.25) is 0 Å². The Morgan fingerprint density at radius 1 is 1.11 bits per heavy atom. The average Bonchev–Trinajstić information content (AvgIpc) is 3.84. The molecular weight excluding hydrogens is 692 g/mol. The van der Waals surface area contributed by atoms with Crippen molar-refractivity contribution in [3.63, 3.8) is 0 Å². The van der Waals surface area contributed by atoms with Gasteiger partial charge in [0.05, 0.1) is 22.4 Å². The molecule has 4 aromatic rings. The smallest absolute Gasteiger partial charge is 0.186 e. The zero-order valence-electron chi connectivity index (χ0n) is 27.2. The largest absolute Gasteiger partial charge is 0.389 e. The van der Waals surface area contributed by atoms with Gasteiger partial charge in [-0.1, -0.05) is 11.6 Å². The molecule has 1 spiro atoms. The maximum atomic E-state index is 10.3. The van der Waals surface area contributed by atoms with E-state index < -0.39 is 5.41 Å². The average molecular weight is 732 g/mol. The van der Waals surface area contributed by atoms with E-state index in [1.54, 1.807) is 11.3 Å². The predicted octanol–water partition coefficient (Wildman–Crippen LogP) is 5.67. The maximum Gasteiger partial charge on any atom is 0.186 e. The molecule has 0 aromatic carbocycles. The summed E-state index contributed by atoms with van der Waals surface area (Å²) in [5, 5.41) is 31.4. The molecule has 11 nitrogen and oxygen atoms in total. The van der Waals surface area contributed by atoms with E-state index in [0.717, 1.165) is 107 Å². The number of nitrogen functional groups attached to an aromatic ring is 1. The van der Waals surface area contributed by atoms with Crippen LogP contribution in [0.15, 0.2) is 4.52 Å². The summed E-state index contributed by atoms with van der Waals surface area (Å²) in [6.07, 6.45) is 9.80. The number of nitrogens with two attached hydrogens (primary N) is 1. The van der Waals surface area contributed by atoms with Crippen LogP contribution in [0.3, 0.4) is 0 Å². The Labute approximate surface area is 293 Å². The molecule has 244 valence electrons. The van der Waals surface area contributed by atoms with Gasteiger partial charge in [0.1, 0.15) is 23.0 Å². The zero-order valence-corrected chi connectivity index (χ0v) is 30.0. The molecule has 0 unspecified atom stereocenters. The molecule has 0 amide bonds. The molecule has 8 rings (SSSR count). The summed E-state index contributed by atoms with van der Waals surface area (Å²) >= 11 is 1.55. The Kier molecular flexibility index (Phi) is 8.43. The zero-order chi connectivity index (χ0) is 31.7. The number of likely N-dealkylation sites (tertiary alicyclic amines) is 1. The summed E-state index contributed by atoms with van der Waals surface area (Å²) in [5.41, 5.74) is 10.3. The van der Waals surface area contributed by atoms with Gasteiger partial charge in [0.15, 0.2) is 28.6 Å². The van der Waals surface area contributed by atoms with Crippen molar-refractivity contribution in [2.24, 2.45) is 0 Å². The summed E-state index contributed by atoms with van der Waals surface area (Å²) in [4.78, 5) is 16.3. The number of hydrogen-bond donors (Lipinski definition) is 1. The Balaban J connectivity index is 0.00000351. The van der Waals surface area contributed by atoms with Crippen LogP contribution in [-0.2, 0) is 39.3 Å². The Morgan fingerprint density at radius 3 is 2.64 bits per heavy atom. The summed E-state index contributed by atoms with van der Waals surface area (Å²) in [5.74, 6) is 3.48. The Bertz CT molecular complexity index is 1930. The molecule has 47 heavy (non-hydrogen) atoms. The molecule has 2 aliphatic carbocycles. The van der Waals surface area contributed by atoms with E-state index >= 15 is 0 Å². The minimum atomic E-state index is -0.422. The van der Waals surface area contributed by atoms with E-state index in [9.17, 15) is 10.5 Å². The first-order valence-corrected chi connectivity index (χ1v) is 17.4. The second kappa shape index (κ2) is 12.3. The normalized spacial score (nSPS) is 23.7. The van der Waals surface area contributed by atoms with Crippen molar-refractivity contribution < 1.29 is 25.6 Å². The number of likely N-dealkylation sites (N-methyl/N-ethyl adjacent to an activating group) is 1. The fourth-order valence-electron chi connectivity index (χ4n) is 8.88. The first-order valence-electron chi connectivity index (χ1n) is 16.6. The van der Waals surface area contributed by atoms with Crippen LogP contribution < -0.4 is 10.6 Å². The van der Waals surface area contributed by atoms with Crippen LogP contribution in [0.1, 0.15) is 104 Å². The van der Waals surface area contributed by atoms with Crippen LogP contribution in [0, 0.1) is 28.6 Å². The number of piperidine rings is 1. The molecule has 0 radical (unpaired) electrons. The molecular formula is C34H39MoN10OS-. The third kappa shape index (κ3) is 4.93. The van der Waals surface area contributed by atoms with Crippen LogP contribution in [0.4, 0.5) is 10.8 Å². The van der Waals surface area contributed by atoms with Gasteiger partial charge in [0, 0.05) is 44.1 Å². The minimum Gasteiger partial charge on any atom is -0.389 e. The molecule has 3 atom stereocenters. The fraction of sp³-hybridized carbons (Fsp3) is 0.559. The molecule has 0 saturated carbocycles. The van der Waals surface area contributed by atoms with Gasteiger partial charge in [-0.15, -0.1) is 17.9 Å². The van der Waals surface area contributed by atoms with E-state index in [4.69, 9.17) is 30.5 Å². The van der Waals surface area contributed by atoms with Crippen LogP contribution in [0.25, 0.3) is 22.6 Å². The molecule has 4 aliphatic rings. The summed E-state index contributed by atoms with van der Waals surface area (Å²) in [7, 11) is 2.16. The quantitative estimate of drug-likeness (QED) is 0.205. The van der Waals surface area contributed by atoms with Crippen molar-refractivity contribution in [3.05, 3.63) is 38.9 Å². The molecule has 2 aliphatic heterocycles. The van der Waals surface area contributed by atoms with Crippen LogP contribution in [0.5, 0.6) is 0 Å². The van der Waals surface area contributed by atoms with Gasteiger partial charge in [-0.25, -0.2) is 14.6 Å². The molecule has 6 heterocycles. The first-order chi connectivity index (χ1) is 22.3. The summed E-state index contributed by atoms with van der Waals surface area (Å²) in [6, 6.07) is 5.11. The molecule has 4 aromatic heterocycles. The monoisotopic (exact) mass is 733 g/mol. The number of nitriles is 2. The Hall–Kier alpha value is -3.31. The number of aromatic nitrogens is 5. The van der Waals surface area contributed by atoms with Gasteiger partial charge in [-0.05, 0) is 77.4 Å². The predicted molar refractivity (Wildman–Crippen MR) is 176 cm³/mol. The molecule has 0 bridgehead atoms. The van der Waals surface area contributed by atoms with E-state index in [-0.39, 0.29) is 27.1 Å². The van der Waals surface area contributed by atoms with E-state index in [2.05, 4.69) is 42.8 Å². The van der Waals surface area contributed by atoms with E-state index in [0.29, 0.717) is 44.9 Å². The van der Waals surface area contributed by atoms with Crippen LogP contribution in [-0.4, -0.2) is 62.5 Å². The van der Waals surface area contributed by atoms with Crippen LogP contribution >= 0.6 is 11.3 Å². The SMILES string of the molecule is C[C-]1CCCN(c2nc(-c3noc4c3CCC[C@@]43CCCc4sc(N)c(C#N)c43)nc3c2c(C#N)nn3[C@@H](C)[C@@H]2CCCN2C)C1.[Mo]. The third-order valence-electron chi connectivity index (χ3n) is 11.0. The van der Waals surface area contributed by atoms with Crippen molar-refractivity contribution in [1.82, 2.24) is 29.8 Å². The number of hydrogen-bond acceptors (Lipinski definition) is 11. The molecule has 2 fully saturated rings. The van der Waals surface area contributed by atoms with Crippen molar-refractivity contribution in [1.29, 1.82) is 10.5 Å². The van der Waals surface area contributed by atoms with E-state index in [1.165, 1.54) is 10.8 Å². The van der Waals surface area contributed by atoms with Gasteiger partial charge in [-0.3, -0.25) is 5.92 Å². The van der Waals surface area contributed by atoms with Crippen molar-refractivity contribution in [2.75, 3.05) is 37.3 Å². The van der Waals surface area contributed by atoms with Gasteiger partial charge in [0.2, 0.25) is 0 Å². The third-order valence-corrected chi connectivity index (χ3v) is 12.1. The Morgan fingerprint density at radius 2 is 1.91 bits per heavy atom. The van der Waals surface area contributed by atoms with Crippen molar-refractivity contribution in [3.8, 4) is 23.7 Å². The van der Waals surface area contributed by atoms with Crippen molar-refractivity contribution in [2.45, 2.75) is 95.6 Å². The standard InChI is InChI=1S/C34H39N10OS.Mo/c1-19-8-6-15-43(18-19)32-26-23(17-36)40-44(20(2)24-10-7-14-42(24)3)33(26)39-31(38-32)28-21-9-4-12-34(29(21)45-41-28)13-5-11-25-27(34)22(16-35)30(37)46-25;/h20,24H,4-15,18,37H2,1-3H3;/q-1;/t20-,24-,34-;/m0./s1. The topological polar surface area (TPSA) is 150 Å². The van der Waals surface area contributed by atoms with Gasteiger partial charge < -0.3 is 20.1 Å². The number of rotatable bonds is 4. The number of fused-ring (bicyclic) bond motifs is 5. The first kappa shape index (κ1) is 32.2. The van der Waals surface area contributed by atoms with Gasteiger partial charge in [-0.2, -0.15) is 29.0 Å². The maximum absolute atomic E-state index is 10.3. The minimum absolute atomic E-state index is 0. The molecule has 2 saturated heterocycles. The number of thiophene rings is 1. The van der Waals surface area contributed by atoms with Gasteiger partial charge >= 0.3 is 0 Å². The molecule has 2 N–H and O–H groups in total. The number of nitrogens with zero attached hydrogens (tertiary/aromatic N) is 9. The number of aryl methyl sites for hydroxylation is 1. The second-order valence-electron chi connectivity index (χ2n) is 13.8. The van der Waals surface area contributed by atoms with Gasteiger partial charge in [0.25, 0.3) is 0 Å². The summed E-state index contributed by atoms with van der Waals surface area (Å²) < 4.78 is 8.30. The fourth-order valence-corrected chi connectivity index (χ4v) is 10.0. The van der Waals surface area contributed by atoms with Crippen molar-refractivity contribution >= 4 is 33.2 Å². The summed E-state index contributed by atoms with van der Waals surface area (Å²) in [6.45, 7) is 7.05.